The van der Waals surface area contributed by atoms with E-state index < -0.39 is 17.7 Å². The van der Waals surface area contributed by atoms with Crippen molar-refractivity contribution in [2.24, 2.45) is 0 Å². The summed E-state index contributed by atoms with van der Waals surface area (Å²) in [7, 11) is 0.886. The van der Waals surface area contributed by atoms with Gasteiger partial charge in [0.2, 0.25) is 0 Å². The quantitative estimate of drug-likeness (QED) is 0.691. The van der Waals surface area contributed by atoms with Crippen molar-refractivity contribution in [1.29, 1.82) is 0 Å². The Hall–Kier alpha value is -2.05. The Labute approximate surface area is 148 Å². The summed E-state index contributed by atoms with van der Waals surface area (Å²) < 4.78 is 48.5. The number of ether oxygens (including phenoxy) is 2. The maximum Gasteiger partial charge on any atom is 0.428 e. The third-order valence-electron chi connectivity index (χ3n) is 3.77. The monoisotopic (exact) mass is 372 g/mol. The molecule has 2 aromatic carbocycles. The number of hydrogen-bond acceptors (Lipinski definition) is 3. The van der Waals surface area contributed by atoms with Crippen LogP contribution in [-0.2, 0) is 20.9 Å². The van der Waals surface area contributed by atoms with Crippen molar-refractivity contribution in [3.8, 4) is 11.1 Å². The number of benzene rings is 2. The molecule has 1 atom stereocenters. The Morgan fingerprint density at radius 1 is 1.00 bits per heavy atom. The molecule has 0 radical (unpaired) electrons. The zero-order valence-electron chi connectivity index (χ0n) is 13.6. The van der Waals surface area contributed by atoms with Gasteiger partial charge in [-0.15, -0.1) is 0 Å². The fraction of sp³-hybridized carbons (Fsp3) is 0.278. The molecule has 0 amide bonds. The summed E-state index contributed by atoms with van der Waals surface area (Å²) in [6.45, 7) is 0.271. The minimum absolute atomic E-state index is 0.383. The molecule has 3 nitrogen and oxygen atoms in total. The zero-order valence-corrected chi connectivity index (χ0v) is 14.3. The topological polar surface area (TPSA) is 35.5 Å². The molecular formula is C18H16ClF3O3. The van der Waals surface area contributed by atoms with Gasteiger partial charge in [-0.1, -0.05) is 48.0 Å². The number of hydrogen-bond donors (Lipinski definition) is 0. The van der Waals surface area contributed by atoms with Crippen LogP contribution < -0.4 is 0 Å². The fourth-order valence-corrected chi connectivity index (χ4v) is 2.24. The van der Waals surface area contributed by atoms with E-state index in [1.54, 1.807) is 36.4 Å². The third kappa shape index (κ3) is 4.32. The summed E-state index contributed by atoms with van der Waals surface area (Å²) in [6, 6.07) is 14.0. The van der Waals surface area contributed by atoms with Crippen molar-refractivity contribution in [3.63, 3.8) is 0 Å². The lowest BCUT2D eigenvalue weighted by atomic mass is 10.0. The van der Waals surface area contributed by atoms with Crippen LogP contribution in [0.25, 0.3) is 11.1 Å². The predicted octanol–water partition coefficient (Wildman–Crippen LogP) is 5.02. The van der Waals surface area contributed by atoms with Gasteiger partial charge in [-0.05, 0) is 35.7 Å². The maximum atomic E-state index is 13.1. The van der Waals surface area contributed by atoms with Crippen molar-refractivity contribution in [2.75, 3.05) is 7.11 Å². The minimum Gasteiger partial charge on any atom is -0.467 e. The standard InChI is InChI=1S/C18H16ClF3O3/c1-17(16(23)24-2,18(20,21)22)25-11-12-3-5-13(6-4-12)14-7-9-15(19)10-8-14/h3-10H,11H2,1-2H3. The zero-order chi connectivity index (χ0) is 18.7. The van der Waals surface area contributed by atoms with E-state index in [9.17, 15) is 18.0 Å². The Bertz CT molecular complexity index is 727. The van der Waals surface area contributed by atoms with E-state index in [1.165, 1.54) is 0 Å². The number of carbonyl (C=O) groups is 1. The number of halogens is 4. The van der Waals surface area contributed by atoms with Crippen LogP contribution in [-0.4, -0.2) is 24.9 Å². The second-order valence-corrected chi connectivity index (χ2v) is 5.95. The Balaban J connectivity index is 2.13. The average molecular weight is 373 g/mol. The second kappa shape index (κ2) is 7.45. The first-order valence-electron chi connectivity index (χ1n) is 7.31. The summed E-state index contributed by atoms with van der Waals surface area (Å²) in [4.78, 5) is 11.5. The molecule has 0 spiro atoms. The SMILES string of the molecule is COC(=O)C(C)(OCc1ccc(-c2ccc(Cl)cc2)cc1)C(F)(F)F. The van der Waals surface area contributed by atoms with E-state index in [2.05, 4.69) is 4.74 Å². The third-order valence-corrected chi connectivity index (χ3v) is 4.03. The van der Waals surface area contributed by atoms with Gasteiger partial charge in [-0.25, -0.2) is 4.79 Å². The highest BCUT2D eigenvalue weighted by atomic mass is 35.5. The first-order valence-corrected chi connectivity index (χ1v) is 7.69. The lowest BCUT2D eigenvalue weighted by Gasteiger charge is -2.29. The molecule has 0 saturated heterocycles. The fourth-order valence-electron chi connectivity index (χ4n) is 2.11. The molecule has 0 aliphatic heterocycles. The van der Waals surface area contributed by atoms with E-state index in [4.69, 9.17) is 16.3 Å². The molecule has 0 aliphatic carbocycles. The molecule has 0 saturated carbocycles. The van der Waals surface area contributed by atoms with Gasteiger partial charge < -0.3 is 9.47 Å². The molecular weight excluding hydrogens is 357 g/mol. The van der Waals surface area contributed by atoms with Gasteiger partial charge >= 0.3 is 12.1 Å². The van der Waals surface area contributed by atoms with Crippen molar-refractivity contribution in [1.82, 2.24) is 0 Å². The highest BCUT2D eigenvalue weighted by molar-refractivity contribution is 6.30. The molecule has 1 unspecified atom stereocenters. The summed E-state index contributed by atoms with van der Waals surface area (Å²) in [5.74, 6) is -1.49. The lowest BCUT2D eigenvalue weighted by molar-refractivity contribution is -0.273. The highest BCUT2D eigenvalue weighted by Crippen LogP contribution is 2.35. The molecule has 0 aromatic heterocycles. The van der Waals surface area contributed by atoms with Crippen molar-refractivity contribution < 1.29 is 27.4 Å². The summed E-state index contributed by atoms with van der Waals surface area (Å²) >= 11 is 5.84. The number of alkyl halides is 3. The Kier molecular flexibility index (Phi) is 5.75. The van der Waals surface area contributed by atoms with Crippen molar-refractivity contribution >= 4 is 17.6 Å². The molecule has 7 heteroatoms. The normalized spacial score (nSPS) is 14.0. The van der Waals surface area contributed by atoms with E-state index >= 15 is 0 Å². The van der Waals surface area contributed by atoms with Crippen LogP contribution in [0.15, 0.2) is 48.5 Å². The first-order chi connectivity index (χ1) is 11.7. The smallest absolute Gasteiger partial charge is 0.428 e. The first kappa shape index (κ1) is 19.3. The Morgan fingerprint density at radius 3 is 1.92 bits per heavy atom. The number of rotatable bonds is 5. The summed E-state index contributed by atoms with van der Waals surface area (Å²) in [5, 5.41) is 0.614. The molecule has 2 rings (SSSR count). The largest absolute Gasteiger partial charge is 0.467 e. The van der Waals surface area contributed by atoms with Crippen LogP contribution in [0.5, 0.6) is 0 Å². The van der Waals surface area contributed by atoms with E-state index in [-0.39, 0.29) is 6.61 Å². The molecule has 0 N–H and O–H groups in total. The van der Waals surface area contributed by atoms with Crippen LogP contribution in [0.1, 0.15) is 12.5 Å². The lowest BCUT2D eigenvalue weighted by Crippen LogP contribution is -2.52. The number of methoxy groups -OCH3 is 1. The molecule has 0 heterocycles. The van der Waals surface area contributed by atoms with Crippen molar-refractivity contribution in [3.05, 3.63) is 59.1 Å². The summed E-state index contributed by atoms with van der Waals surface area (Å²) in [5.41, 5.74) is -0.716. The molecule has 25 heavy (non-hydrogen) atoms. The van der Waals surface area contributed by atoms with Crippen LogP contribution in [0, 0.1) is 0 Å². The Morgan fingerprint density at radius 2 is 1.48 bits per heavy atom. The number of esters is 1. The van der Waals surface area contributed by atoms with Gasteiger partial charge in [0.15, 0.2) is 0 Å². The molecule has 0 aliphatic rings. The van der Waals surface area contributed by atoms with Gasteiger partial charge in [0, 0.05) is 5.02 Å². The predicted molar refractivity (Wildman–Crippen MR) is 88.2 cm³/mol. The summed E-state index contributed by atoms with van der Waals surface area (Å²) in [6.07, 6.45) is -4.89. The second-order valence-electron chi connectivity index (χ2n) is 5.52. The van der Waals surface area contributed by atoms with Crippen LogP contribution >= 0.6 is 11.6 Å². The number of carbonyl (C=O) groups excluding carboxylic acids is 1. The van der Waals surface area contributed by atoms with Gasteiger partial charge in [-0.2, -0.15) is 13.2 Å². The molecule has 0 bridgehead atoms. The van der Waals surface area contributed by atoms with Crippen molar-refractivity contribution in [2.45, 2.75) is 25.3 Å². The highest BCUT2D eigenvalue weighted by Gasteiger charge is 2.59. The van der Waals surface area contributed by atoms with Crippen LogP contribution in [0.2, 0.25) is 5.02 Å². The van der Waals surface area contributed by atoms with E-state index in [0.29, 0.717) is 17.5 Å². The van der Waals surface area contributed by atoms with Gasteiger partial charge in [0.05, 0.1) is 13.7 Å². The van der Waals surface area contributed by atoms with Gasteiger partial charge in [0.25, 0.3) is 5.60 Å². The van der Waals surface area contributed by atoms with Gasteiger partial charge in [-0.3, -0.25) is 0 Å². The van der Waals surface area contributed by atoms with Gasteiger partial charge in [0.1, 0.15) is 0 Å². The molecule has 0 fully saturated rings. The van der Waals surface area contributed by atoms with E-state index in [0.717, 1.165) is 18.2 Å². The minimum atomic E-state index is -4.89. The molecule has 134 valence electrons. The maximum absolute atomic E-state index is 13.1. The van der Waals surface area contributed by atoms with Crippen LogP contribution in [0.4, 0.5) is 13.2 Å². The van der Waals surface area contributed by atoms with E-state index in [1.807, 2.05) is 12.1 Å². The average Bonchev–Trinajstić information content (AvgIpc) is 2.59. The molecule has 2 aromatic rings. The van der Waals surface area contributed by atoms with Crippen LogP contribution in [0.3, 0.4) is 0 Å².